The molecule has 190 valence electrons. The summed E-state index contributed by atoms with van der Waals surface area (Å²) >= 11 is 0. The summed E-state index contributed by atoms with van der Waals surface area (Å²) in [7, 11) is 0. The molecule has 3 aromatic carbocycles. The Hall–Kier alpha value is -3.07. The molecule has 0 aliphatic carbocycles. The molecule has 4 rings (SSSR count). The van der Waals surface area contributed by atoms with Gasteiger partial charge >= 0.3 is 0 Å². The average Bonchev–Trinajstić information content (AvgIpc) is 3.31. The van der Waals surface area contributed by atoms with Crippen molar-refractivity contribution in [3.8, 4) is 5.75 Å². The van der Waals surface area contributed by atoms with E-state index in [1.165, 1.54) is 27.8 Å². The van der Waals surface area contributed by atoms with Crippen molar-refractivity contribution in [1.29, 1.82) is 0 Å². The number of fused-ring (bicyclic) bond motifs is 1. The van der Waals surface area contributed by atoms with Gasteiger partial charge in [-0.05, 0) is 53.0 Å². The van der Waals surface area contributed by atoms with E-state index in [4.69, 9.17) is 4.74 Å². The number of amides is 1. The summed E-state index contributed by atoms with van der Waals surface area (Å²) in [6.45, 7) is 16.5. The summed E-state index contributed by atoms with van der Waals surface area (Å²) < 4.78 is 6.22. The van der Waals surface area contributed by atoms with Gasteiger partial charge in [0.05, 0.1) is 18.8 Å². The molecule has 0 radical (unpaired) electrons. The Labute approximate surface area is 217 Å². The van der Waals surface area contributed by atoms with Gasteiger partial charge in [0.15, 0.2) is 0 Å². The van der Waals surface area contributed by atoms with Gasteiger partial charge in [-0.25, -0.2) is 0 Å². The zero-order valence-electron chi connectivity index (χ0n) is 23.1. The number of anilines is 1. The number of ether oxygens (including phenoxy) is 1. The molecular weight excluding hydrogens is 442 g/mol. The van der Waals surface area contributed by atoms with Crippen molar-refractivity contribution in [2.45, 2.75) is 80.2 Å². The summed E-state index contributed by atoms with van der Waals surface area (Å²) in [6, 6.07) is 19.3. The number of carbonyl (C=O) groups excluding carboxylic acids is 1. The highest BCUT2D eigenvalue weighted by molar-refractivity contribution is 5.96. The lowest BCUT2D eigenvalue weighted by Gasteiger charge is -2.31. The van der Waals surface area contributed by atoms with Crippen LogP contribution in [0.25, 0.3) is 0 Å². The first-order chi connectivity index (χ1) is 17.0. The first-order valence-electron chi connectivity index (χ1n) is 13.3. The van der Waals surface area contributed by atoms with Crippen LogP contribution in [0, 0.1) is 19.3 Å². The molecule has 0 spiro atoms. The van der Waals surface area contributed by atoms with Gasteiger partial charge in [0.2, 0.25) is 5.91 Å². The molecule has 1 aliphatic rings. The van der Waals surface area contributed by atoms with E-state index in [1.54, 1.807) is 0 Å². The van der Waals surface area contributed by atoms with Crippen LogP contribution in [0.3, 0.4) is 0 Å². The number of rotatable bonds is 7. The Bertz CT molecular complexity index is 1220. The van der Waals surface area contributed by atoms with Crippen LogP contribution in [0.15, 0.2) is 54.6 Å². The molecule has 0 saturated carbocycles. The van der Waals surface area contributed by atoms with Gasteiger partial charge in [0.25, 0.3) is 0 Å². The molecule has 3 nitrogen and oxygen atoms in total. The van der Waals surface area contributed by atoms with E-state index in [0.29, 0.717) is 25.5 Å². The van der Waals surface area contributed by atoms with E-state index in [0.717, 1.165) is 35.4 Å². The third-order valence-electron chi connectivity index (χ3n) is 7.23. The Morgan fingerprint density at radius 3 is 2.22 bits per heavy atom. The average molecular weight is 484 g/mol. The largest absolute Gasteiger partial charge is 0.493 e. The van der Waals surface area contributed by atoms with E-state index in [1.807, 2.05) is 23.1 Å². The first-order valence-corrected chi connectivity index (χ1v) is 13.3. The van der Waals surface area contributed by atoms with Gasteiger partial charge in [0.1, 0.15) is 5.75 Å². The molecule has 1 amide bonds. The Morgan fingerprint density at radius 1 is 0.944 bits per heavy atom. The topological polar surface area (TPSA) is 29.5 Å². The van der Waals surface area contributed by atoms with Crippen LogP contribution >= 0.6 is 0 Å². The molecule has 0 atom stereocenters. The van der Waals surface area contributed by atoms with Gasteiger partial charge < -0.3 is 9.64 Å². The van der Waals surface area contributed by atoms with Crippen LogP contribution in [-0.4, -0.2) is 12.5 Å². The van der Waals surface area contributed by atoms with E-state index in [2.05, 4.69) is 84.9 Å². The van der Waals surface area contributed by atoms with Crippen molar-refractivity contribution in [3.63, 3.8) is 0 Å². The Morgan fingerprint density at radius 2 is 1.61 bits per heavy atom. The van der Waals surface area contributed by atoms with Crippen molar-refractivity contribution < 1.29 is 9.53 Å². The van der Waals surface area contributed by atoms with Crippen molar-refractivity contribution in [1.82, 2.24) is 0 Å². The second-order valence-electron chi connectivity index (χ2n) is 11.8. The van der Waals surface area contributed by atoms with Crippen LogP contribution in [0.4, 0.5) is 5.69 Å². The van der Waals surface area contributed by atoms with Gasteiger partial charge in [-0.1, -0.05) is 89.2 Å². The van der Waals surface area contributed by atoms with Crippen molar-refractivity contribution in [2.24, 2.45) is 5.41 Å². The fourth-order valence-electron chi connectivity index (χ4n) is 5.27. The summed E-state index contributed by atoms with van der Waals surface area (Å²) in [5.41, 5.74) is 9.53. The van der Waals surface area contributed by atoms with Crippen molar-refractivity contribution in [2.75, 3.05) is 11.5 Å². The maximum atomic E-state index is 13.8. The summed E-state index contributed by atoms with van der Waals surface area (Å²) in [6.07, 6.45) is 2.19. The minimum atomic E-state index is -0.0886. The lowest BCUT2D eigenvalue weighted by atomic mass is 9.88. The highest BCUT2D eigenvalue weighted by Crippen LogP contribution is 2.43. The van der Waals surface area contributed by atoms with E-state index in [9.17, 15) is 4.79 Å². The number of hydrogen-bond donors (Lipinski definition) is 0. The molecule has 0 fully saturated rings. The number of carbonyl (C=O) groups is 1. The lowest BCUT2D eigenvalue weighted by Crippen LogP contribution is -2.34. The summed E-state index contributed by atoms with van der Waals surface area (Å²) in [5.74, 6) is 1.72. The molecule has 0 N–H and O–H groups in total. The maximum absolute atomic E-state index is 13.8. The number of hydrogen-bond acceptors (Lipinski definition) is 2. The maximum Gasteiger partial charge on any atom is 0.227 e. The van der Waals surface area contributed by atoms with E-state index in [-0.39, 0.29) is 11.3 Å². The predicted octanol–water partition coefficient (Wildman–Crippen LogP) is 7.92. The fraction of sp³-hybridized carbons (Fsp3) is 0.424. The third-order valence-corrected chi connectivity index (χ3v) is 7.23. The van der Waals surface area contributed by atoms with Crippen LogP contribution in [0.2, 0.25) is 0 Å². The second-order valence-corrected chi connectivity index (χ2v) is 11.8. The molecule has 0 bridgehead atoms. The molecule has 1 heterocycles. The minimum Gasteiger partial charge on any atom is -0.493 e. The zero-order chi connectivity index (χ0) is 26.0. The third kappa shape index (κ3) is 5.67. The van der Waals surface area contributed by atoms with Crippen molar-refractivity contribution >= 4 is 11.6 Å². The van der Waals surface area contributed by atoms with Crippen LogP contribution in [-0.2, 0) is 24.2 Å². The standard InChI is InChI=1S/C33H41NO2/c1-22(2)27-15-13-25(14-16-27)19-29-24(4)31(23(3)28-17-18-36-32(28)29)34(30(35)20-33(5,6)7)21-26-11-9-8-10-12-26/h8-16,22H,17-21H2,1-7H3. The Balaban J connectivity index is 1.82. The highest BCUT2D eigenvalue weighted by Gasteiger charge is 2.30. The minimum absolute atomic E-state index is 0.0886. The highest BCUT2D eigenvalue weighted by atomic mass is 16.5. The van der Waals surface area contributed by atoms with Crippen molar-refractivity contribution in [3.05, 3.63) is 93.5 Å². The zero-order valence-corrected chi connectivity index (χ0v) is 23.1. The van der Waals surface area contributed by atoms with Crippen LogP contribution < -0.4 is 9.64 Å². The summed E-state index contributed by atoms with van der Waals surface area (Å²) in [5, 5.41) is 0. The number of benzene rings is 3. The van der Waals surface area contributed by atoms with Gasteiger partial charge in [-0.15, -0.1) is 0 Å². The molecule has 36 heavy (non-hydrogen) atoms. The predicted molar refractivity (Wildman–Crippen MR) is 150 cm³/mol. The molecular formula is C33H41NO2. The van der Waals surface area contributed by atoms with E-state index >= 15 is 0 Å². The molecule has 0 saturated heterocycles. The lowest BCUT2D eigenvalue weighted by molar-refractivity contribution is -0.120. The van der Waals surface area contributed by atoms with Crippen LogP contribution in [0.1, 0.15) is 85.9 Å². The normalized spacial score (nSPS) is 13.0. The molecule has 3 aromatic rings. The molecule has 1 aliphatic heterocycles. The molecule has 3 heteroatoms. The smallest absolute Gasteiger partial charge is 0.227 e. The van der Waals surface area contributed by atoms with E-state index < -0.39 is 0 Å². The molecule has 0 aromatic heterocycles. The van der Waals surface area contributed by atoms with Gasteiger partial charge in [0, 0.05) is 30.4 Å². The number of nitrogens with zero attached hydrogens (tertiary/aromatic N) is 1. The quantitative estimate of drug-likeness (QED) is 0.341. The molecule has 0 unspecified atom stereocenters. The first kappa shape index (κ1) is 26.0. The second kappa shape index (κ2) is 10.5. The van der Waals surface area contributed by atoms with Crippen LogP contribution in [0.5, 0.6) is 5.75 Å². The van der Waals surface area contributed by atoms with Gasteiger partial charge in [-0.2, -0.15) is 0 Å². The SMILES string of the molecule is Cc1c2c(c(Cc3ccc(C(C)C)cc3)c(C)c1N(Cc1ccccc1)C(=O)CC(C)(C)C)OCC2. The fourth-order valence-corrected chi connectivity index (χ4v) is 5.27. The van der Waals surface area contributed by atoms with Gasteiger partial charge in [-0.3, -0.25) is 4.79 Å². The Kier molecular flexibility index (Phi) is 7.59. The monoisotopic (exact) mass is 483 g/mol. The summed E-state index contributed by atoms with van der Waals surface area (Å²) in [4.78, 5) is 15.9.